The van der Waals surface area contributed by atoms with Gasteiger partial charge in [0.1, 0.15) is 29.4 Å². The van der Waals surface area contributed by atoms with Crippen molar-refractivity contribution in [2.75, 3.05) is 20.2 Å². The molecule has 3 fully saturated rings. The van der Waals surface area contributed by atoms with Crippen molar-refractivity contribution in [1.82, 2.24) is 9.80 Å². The molecule has 3 heterocycles. The second-order valence-electron chi connectivity index (χ2n) is 8.71. The molecule has 174 valence electrons. The van der Waals surface area contributed by atoms with Gasteiger partial charge >= 0.3 is 0 Å². The fourth-order valence-corrected chi connectivity index (χ4v) is 5.18. The van der Waals surface area contributed by atoms with Gasteiger partial charge in [-0.05, 0) is 42.7 Å². The number of fused-ring (bicyclic) bond motifs is 1. The maximum Gasteiger partial charge on any atom is 0.257 e. The molecule has 2 aromatic carbocycles. The largest absolute Gasteiger partial charge is 0.497 e. The monoisotopic (exact) mass is 460 g/mol. The molecule has 2 atom stereocenters. The first-order valence-corrected chi connectivity index (χ1v) is 10.9. The Balaban J connectivity index is 1.30. The minimum absolute atomic E-state index is 0.0563. The molecule has 2 aromatic rings. The molecule has 0 bridgehead atoms. The fourth-order valence-electron chi connectivity index (χ4n) is 5.18. The molecule has 0 aliphatic carbocycles. The third kappa shape index (κ3) is 3.64. The molecule has 3 saturated heterocycles. The maximum absolute atomic E-state index is 14.3. The van der Waals surface area contributed by atoms with Crippen molar-refractivity contribution in [2.24, 2.45) is 0 Å². The van der Waals surface area contributed by atoms with Gasteiger partial charge in [0.25, 0.3) is 11.8 Å². The number of benzene rings is 2. The minimum atomic E-state index is -1.08. The van der Waals surface area contributed by atoms with Gasteiger partial charge in [-0.25, -0.2) is 13.2 Å². The van der Waals surface area contributed by atoms with Gasteiger partial charge < -0.3 is 19.3 Å². The van der Waals surface area contributed by atoms with Crippen molar-refractivity contribution in [1.29, 1.82) is 0 Å². The predicted molar refractivity (Wildman–Crippen MR) is 111 cm³/mol. The lowest BCUT2D eigenvalue weighted by Gasteiger charge is -2.37. The highest BCUT2D eigenvalue weighted by atomic mass is 19.1. The van der Waals surface area contributed by atoms with Crippen LogP contribution in [0.2, 0.25) is 0 Å². The van der Waals surface area contributed by atoms with E-state index in [0.29, 0.717) is 24.2 Å². The Morgan fingerprint density at radius 3 is 2.39 bits per heavy atom. The maximum atomic E-state index is 14.3. The number of carbonyl (C=O) groups excluding carboxylic acids is 2. The molecule has 0 N–H and O–H groups in total. The summed E-state index contributed by atoms with van der Waals surface area (Å²) in [6, 6.07) is 6.91. The predicted octanol–water partition coefficient (Wildman–Crippen LogP) is 3.81. The van der Waals surface area contributed by atoms with Gasteiger partial charge in [-0.3, -0.25) is 9.59 Å². The van der Waals surface area contributed by atoms with E-state index in [9.17, 15) is 22.8 Å². The van der Waals surface area contributed by atoms with E-state index in [4.69, 9.17) is 9.47 Å². The number of hydrogen-bond acceptors (Lipinski definition) is 4. The number of piperidine rings is 1. The van der Waals surface area contributed by atoms with E-state index in [1.165, 1.54) is 36.3 Å². The summed E-state index contributed by atoms with van der Waals surface area (Å²) < 4.78 is 53.0. The first kappa shape index (κ1) is 21.8. The van der Waals surface area contributed by atoms with Crippen molar-refractivity contribution < 1.29 is 32.2 Å². The molecular formula is C24H23F3N2O4. The molecule has 9 heteroatoms. The Hall–Kier alpha value is -3.07. The van der Waals surface area contributed by atoms with Crippen LogP contribution >= 0.6 is 0 Å². The van der Waals surface area contributed by atoms with Crippen molar-refractivity contribution in [3.63, 3.8) is 0 Å². The number of nitrogens with zero attached hydrogens (tertiary/aromatic N) is 2. The Morgan fingerprint density at radius 2 is 1.76 bits per heavy atom. The van der Waals surface area contributed by atoms with E-state index in [1.54, 1.807) is 4.90 Å². The highest BCUT2D eigenvalue weighted by molar-refractivity contribution is 5.95. The van der Waals surface area contributed by atoms with Crippen LogP contribution in [0.5, 0.6) is 5.75 Å². The second kappa shape index (κ2) is 8.06. The highest BCUT2D eigenvalue weighted by Gasteiger charge is 2.58. The molecule has 0 aromatic heterocycles. The number of halogens is 3. The lowest BCUT2D eigenvalue weighted by atomic mass is 9.89. The Labute approximate surface area is 188 Å². The third-order valence-electron chi connectivity index (χ3n) is 6.85. The Bertz CT molecular complexity index is 1100. The van der Waals surface area contributed by atoms with Crippen LogP contribution in [0.4, 0.5) is 13.2 Å². The van der Waals surface area contributed by atoms with E-state index in [1.807, 2.05) is 0 Å². The van der Waals surface area contributed by atoms with Crippen molar-refractivity contribution in [3.05, 3.63) is 65.0 Å². The summed E-state index contributed by atoms with van der Waals surface area (Å²) >= 11 is 0. The summed E-state index contributed by atoms with van der Waals surface area (Å²) in [4.78, 5) is 29.4. The number of carbonyl (C=O) groups is 2. The van der Waals surface area contributed by atoms with E-state index in [-0.39, 0.29) is 37.4 Å². The van der Waals surface area contributed by atoms with Crippen LogP contribution in [0.15, 0.2) is 36.4 Å². The van der Waals surface area contributed by atoms with E-state index >= 15 is 0 Å². The first-order chi connectivity index (χ1) is 15.8. The molecule has 0 radical (unpaired) electrons. The van der Waals surface area contributed by atoms with E-state index in [2.05, 4.69) is 0 Å². The highest BCUT2D eigenvalue weighted by Crippen LogP contribution is 2.47. The normalized spacial score (nSPS) is 23.8. The molecule has 3 aliphatic heterocycles. The molecule has 33 heavy (non-hydrogen) atoms. The van der Waals surface area contributed by atoms with Crippen LogP contribution in [0.25, 0.3) is 0 Å². The minimum Gasteiger partial charge on any atom is -0.497 e. The zero-order valence-corrected chi connectivity index (χ0v) is 18.0. The average Bonchev–Trinajstić information content (AvgIpc) is 3.31. The van der Waals surface area contributed by atoms with Crippen LogP contribution in [0, 0.1) is 17.5 Å². The summed E-state index contributed by atoms with van der Waals surface area (Å²) in [6.07, 6.45) is 1.20. The van der Waals surface area contributed by atoms with Crippen LogP contribution in [0.1, 0.15) is 47.6 Å². The summed E-state index contributed by atoms with van der Waals surface area (Å²) in [5, 5.41) is 0. The van der Waals surface area contributed by atoms with E-state index < -0.39 is 41.2 Å². The summed E-state index contributed by atoms with van der Waals surface area (Å²) in [5.41, 5.74) is -0.726. The molecule has 6 nitrogen and oxygen atoms in total. The van der Waals surface area contributed by atoms with Gasteiger partial charge in [0.05, 0.1) is 18.7 Å². The first-order valence-electron chi connectivity index (χ1n) is 10.9. The average molecular weight is 460 g/mol. The summed E-state index contributed by atoms with van der Waals surface area (Å²) in [6.45, 7) is 0.464. The number of hydrogen-bond donors (Lipinski definition) is 0. The van der Waals surface area contributed by atoms with Gasteiger partial charge in [-0.1, -0.05) is 0 Å². The van der Waals surface area contributed by atoms with Crippen molar-refractivity contribution >= 4 is 11.8 Å². The van der Waals surface area contributed by atoms with Crippen molar-refractivity contribution in [2.45, 2.75) is 43.6 Å². The van der Waals surface area contributed by atoms with Crippen LogP contribution in [-0.4, -0.2) is 53.6 Å². The lowest BCUT2D eigenvalue weighted by molar-refractivity contribution is -0.142. The Kier molecular flexibility index (Phi) is 5.31. The molecule has 3 aliphatic rings. The smallest absolute Gasteiger partial charge is 0.257 e. The fraction of sp³-hybridized carbons (Fsp3) is 0.417. The number of rotatable bonds is 3. The number of amides is 2. The van der Waals surface area contributed by atoms with Crippen LogP contribution < -0.4 is 4.74 Å². The number of methoxy groups -OCH3 is 1. The zero-order valence-electron chi connectivity index (χ0n) is 18.0. The summed E-state index contributed by atoms with van der Waals surface area (Å²) in [5.74, 6) is -2.40. The molecule has 5 rings (SSSR count). The second-order valence-corrected chi connectivity index (χ2v) is 8.71. The quantitative estimate of drug-likeness (QED) is 0.699. The van der Waals surface area contributed by atoms with Crippen LogP contribution in [0.3, 0.4) is 0 Å². The number of likely N-dealkylation sites (tertiary alicyclic amines) is 1. The van der Waals surface area contributed by atoms with Gasteiger partial charge in [-0.2, -0.15) is 0 Å². The molecule has 2 amide bonds. The van der Waals surface area contributed by atoms with Gasteiger partial charge in [0.15, 0.2) is 5.60 Å². The standard InChI is InChI=1S/C24H23F3N2O4/c1-32-17-2-3-18(19(27)13-17)22(30)28-8-6-24(7-9-28)23(31)29-20(4-5-21(29)33-24)14-10-15(25)12-16(26)11-14/h2-3,10-13,20-21H,4-9H2,1H3. The number of ether oxygens (including phenoxy) is 2. The van der Waals surface area contributed by atoms with Gasteiger partial charge in [-0.15, -0.1) is 0 Å². The van der Waals surface area contributed by atoms with Gasteiger partial charge in [0, 0.05) is 38.1 Å². The zero-order chi connectivity index (χ0) is 23.3. The van der Waals surface area contributed by atoms with Gasteiger partial charge in [0.2, 0.25) is 0 Å². The van der Waals surface area contributed by atoms with Crippen LogP contribution in [-0.2, 0) is 9.53 Å². The SMILES string of the molecule is COc1ccc(C(=O)N2CCC3(CC2)OC2CCC(c4cc(F)cc(F)c4)N2C3=O)c(F)c1. The van der Waals surface area contributed by atoms with Crippen molar-refractivity contribution in [3.8, 4) is 5.75 Å². The summed E-state index contributed by atoms with van der Waals surface area (Å²) in [7, 11) is 1.42. The molecular weight excluding hydrogens is 437 g/mol. The molecule has 2 unspecified atom stereocenters. The molecule has 0 saturated carbocycles. The third-order valence-corrected chi connectivity index (χ3v) is 6.85. The molecule has 1 spiro atoms. The Morgan fingerprint density at radius 1 is 1.06 bits per heavy atom. The van der Waals surface area contributed by atoms with E-state index in [0.717, 1.165) is 12.1 Å². The topological polar surface area (TPSA) is 59.1 Å². The lowest BCUT2D eigenvalue weighted by Crippen LogP contribution is -2.51.